The van der Waals surface area contributed by atoms with E-state index in [-0.39, 0.29) is 5.56 Å². The van der Waals surface area contributed by atoms with Crippen molar-refractivity contribution in [2.24, 2.45) is 0 Å². The predicted molar refractivity (Wildman–Crippen MR) is 87.0 cm³/mol. The van der Waals surface area contributed by atoms with E-state index in [4.69, 9.17) is 4.74 Å². The first kappa shape index (κ1) is 14.6. The van der Waals surface area contributed by atoms with Crippen LogP contribution in [0.3, 0.4) is 0 Å². The molecule has 5 nitrogen and oxygen atoms in total. The number of benzene rings is 1. The van der Waals surface area contributed by atoms with Crippen molar-refractivity contribution in [3.63, 3.8) is 0 Å². The maximum Gasteiger partial charge on any atom is 0.255 e. The van der Waals surface area contributed by atoms with E-state index < -0.39 is 0 Å². The molecule has 1 aliphatic carbocycles. The number of ether oxygens (including phenoxy) is 1. The Labute approximate surface area is 129 Å². The number of anilines is 2. The van der Waals surface area contributed by atoms with Gasteiger partial charge in [-0.3, -0.25) is 9.78 Å². The third-order valence-corrected chi connectivity index (χ3v) is 3.79. The zero-order valence-corrected chi connectivity index (χ0v) is 12.8. The first-order valence-electron chi connectivity index (χ1n) is 7.89. The average Bonchev–Trinajstić information content (AvgIpc) is 2.54. The summed E-state index contributed by atoms with van der Waals surface area (Å²) in [5.74, 6) is 1.25. The molecule has 0 radical (unpaired) electrons. The lowest BCUT2D eigenvalue weighted by Crippen LogP contribution is -2.22. The number of aromatic amines is 1. The smallest absolute Gasteiger partial charge is 0.255 e. The second-order valence-electron chi connectivity index (χ2n) is 5.52. The van der Waals surface area contributed by atoms with Crippen LogP contribution in [0.4, 0.5) is 11.6 Å². The molecule has 0 saturated heterocycles. The van der Waals surface area contributed by atoms with Crippen LogP contribution in [0.1, 0.15) is 37.4 Å². The van der Waals surface area contributed by atoms with Gasteiger partial charge in [0, 0.05) is 5.56 Å². The zero-order valence-electron chi connectivity index (χ0n) is 12.8. The minimum atomic E-state index is -0.0286. The number of aryl methyl sites for hydroxylation is 1. The van der Waals surface area contributed by atoms with E-state index in [1.807, 2.05) is 24.3 Å². The van der Waals surface area contributed by atoms with Crippen molar-refractivity contribution in [2.75, 3.05) is 11.9 Å². The SMILES string of the molecule is CCCOc1ccccc1Nc1nc2c(c(=O)[nH]1)CCCC2. The van der Waals surface area contributed by atoms with Gasteiger partial charge in [-0.1, -0.05) is 19.1 Å². The number of para-hydroxylation sites is 2. The topological polar surface area (TPSA) is 67.0 Å². The highest BCUT2D eigenvalue weighted by molar-refractivity contribution is 5.62. The van der Waals surface area contributed by atoms with Gasteiger partial charge in [0.2, 0.25) is 5.95 Å². The molecule has 0 spiro atoms. The monoisotopic (exact) mass is 299 g/mol. The second kappa shape index (κ2) is 6.64. The Balaban J connectivity index is 1.87. The number of hydrogen-bond acceptors (Lipinski definition) is 4. The van der Waals surface area contributed by atoms with Gasteiger partial charge in [0.15, 0.2) is 0 Å². The maximum atomic E-state index is 12.2. The lowest BCUT2D eigenvalue weighted by Gasteiger charge is -2.16. The molecule has 0 unspecified atom stereocenters. The number of aromatic nitrogens is 2. The standard InChI is InChI=1S/C17H21N3O2/c1-2-11-22-15-10-6-5-9-14(15)19-17-18-13-8-4-3-7-12(13)16(21)20-17/h5-6,9-10H,2-4,7-8,11H2,1H3,(H2,18,19,20,21). The van der Waals surface area contributed by atoms with Gasteiger partial charge in [-0.15, -0.1) is 0 Å². The Hall–Kier alpha value is -2.30. The normalized spacial score (nSPS) is 13.5. The van der Waals surface area contributed by atoms with Crippen molar-refractivity contribution in [1.29, 1.82) is 0 Å². The first-order valence-corrected chi connectivity index (χ1v) is 7.89. The number of hydrogen-bond donors (Lipinski definition) is 2. The molecule has 0 saturated carbocycles. The second-order valence-corrected chi connectivity index (χ2v) is 5.52. The molecule has 1 aromatic carbocycles. The first-order chi connectivity index (χ1) is 10.8. The van der Waals surface area contributed by atoms with E-state index in [1.54, 1.807) is 0 Å². The van der Waals surface area contributed by atoms with Crippen molar-refractivity contribution < 1.29 is 4.74 Å². The Morgan fingerprint density at radius 3 is 2.95 bits per heavy atom. The minimum Gasteiger partial charge on any atom is -0.491 e. The summed E-state index contributed by atoms with van der Waals surface area (Å²) < 4.78 is 5.72. The van der Waals surface area contributed by atoms with Gasteiger partial charge in [0.1, 0.15) is 5.75 Å². The summed E-state index contributed by atoms with van der Waals surface area (Å²) in [6.45, 7) is 2.73. The molecule has 22 heavy (non-hydrogen) atoms. The molecule has 116 valence electrons. The fourth-order valence-electron chi connectivity index (χ4n) is 2.70. The largest absolute Gasteiger partial charge is 0.491 e. The van der Waals surface area contributed by atoms with Crippen molar-refractivity contribution >= 4 is 11.6 Å². The Bertz CT molecular complexity index is 709. The van der Waals surface area contributed by atoms with Crippen LogP contribution in [0.15, 0.2) is 29.1 Å². The summed E-state index contributed by atoms with van der Waals surface area (Å²) >= 11 is 0. The van der Waals surface area contributed by atoms with Crippen LogP contribution in [0.25, 0.3) is 0 Å². The van der Waals surface area contributed by atoms with Crippen molar-refractivity contribution in [3.8, 4) is 5.75 Å². The Morgan fingerprint density at radius 1 is 1.27 bits per heavy atom. The van der Waals surface area contributed by atoms with Gasteiger partial charge in [-0.2, -0.15) is 0 Å². The van der Waals surface area contributed by atoms with E-state index in [9.17, 15) is 4.79 Å². The van der Waals surface area contributed by atoms with E-state index in [0.717, 1.165) is 54.8 Å². The summed E-state index contributed by atoms with van der Waals surface area (Å²) in [5, 5.41) is 3.18. The van der Waals surface area contributed by atoms with Crippen molar-refractivity contribution in [1.82, 2.24) is 9.97 Å². The summed E-state index contributed by atoms with van der Waals surface area (Å²) in [6, 6.07) is 7.69. The molecular weight excluding hydrogens is 278 g/mol. The van der Waals surface area contributed by atoms with Gasteiger partial charge in [-0.05, 0) is 44.2 Å². The highest BCUT2D eigenvalue weighted by Gasteiger charge is 2.16. The fraction of sp³-hybridized carbons (Fsp3) is 0.412. The van der Waals surface area contributed by atoms with E-state index in [2.05, 4.69) is 22.2 Å². The summed E-state index contributed by atoms with van der Waals surface area (Å²) in [4.78, 5) is 19.6. The third kappa shape index (κ3) is 3.13. The number of nitrogens with one attached hydrogen (secondary N) is 2. The van der Waals surface area contributed by atoms with E-state index >= 15 is 0 Å². The van der Waals surface area contributed by atoms with Gasteiger partial charge in [-0.25, -0.2) is 4.98 Å². The minimum absolute atomic E-state index is 0.0286. The lowest BCUT2D eigenvalue weighted by atomic mass is 9.97. The van der Waals surface area contributed by atoms with Crippen LogP contribution in [-0.2, 0) is 12.8 Å². The van der Waals surface area contributed by atoms with Crippen LogP contribution in [0.5, 0.6) is 5.75 Å². The Kier molecular flexibility index (Phi) is 4.42. The molecule has 1 aromatic heterocycles. The quantitative estimate of drug-likeness (QED) is 0.890. The van der Waals surface area contributed by atoms with Crippen LogP contribution >= 0.6 is 0 Å². The lowest BCUT2D eigenvalue weighted by molar-refractivity contribution is 0.319. The molecule has 2 aromatic rings. The highest BCUT2D eigenvalue weighted by Crippen LogP contribution is 2.26. The van der Waals surface area contributed by atoms with E-state index in [0.29, 0.717) is 12.6 Å². The fourth-order valence-corrected chi connectivity index (χ4v) is 2.70. The molecule has 0 aliphatic heterocycles. The molecule has 5 heteroatoms. The number of rotatable bonds is 5. The van der Waals surface area contributed by atoms with Crippen molar-refractivity contribution in [2.45, 2.75) is 39.0 Å². The maximum absolute atomic E-state index is 12.2. The molecule has 3 rings (SSSR count). The van der Waals surface area contributed by atoms with Gasteiger partial charge in [0.05, 0.1) is 18.0 Å². The summed E-state index contributed by atoms with van der Waals surface area (Å²) in [5.41, 5.74) is 2.55. The van der Waals surface area contributed by atoms with Crippen LogP contribution in [0, 0.1) is 0 Å². The van der Waals surface area contributed by atoms with Crippen LogP contribution < -0.4 is 15.6 Å². The van der Waals surface area contributed by atoms with Gasteiger partial charge in [0.25, 0.3) is 5.56 Å². The number of fused-ring (bicyclic) bond motifs is 1. The van der Waals surface area contributed by atoms with Crippen molar-refractivity contribution in [3.05, 3.63) is 45.9 Å². The molecule has 2 N–H and O–H groups in total. The highest BCUT2D eigenvalue weighted by atomic mass is 16.5. The molecule has 1 heterocycles. The summed E-state index contributed by atoms with van der Waals surface area (Å²) in [7, 11) is 0. The third-order valence-electron chi connectivity index (χ3n) is 3.79. The van der Waals surface area contributed by atoms with Gasteiger partial charge < -0.3 is 10.1 Å². The van der Waals surface area contributed by atoms with Crippen LogP contribution in [0.2, 0.25) is 0 Å². The molecule has 0 fully saturated rings. The molecule has 0 amide bonds. The van der Waals surface area contributed by atoms with Gasteiger partial charge >= 0.3 is 0 Å². The average molecular weight is 299 g/mol. The summed E-state index contributed by atoms with van der Waals surface area (Å²) in [6.07, 6.45) is 4.82. The molecule has 1 aliphatic rings. The predicted octanol–water partition coefficient (Wildman–Crippen LogP) is 3.18. The molecule has 0 bridgehead atoms. The Morgan fingerprint density at radius 2 is 2.09 bits per heavy atom. The van der Waals surface area contributed by atoms with Crippen LogP contribution in [-0.4, -0.2) is 16.6 Å². The molecular formula is C17H21N3O2. The number of nitrogens with zero attached hydrogens (tertiary/aromatic N) is 1. The zero-order chi connectivity index (χ0) is 15.4. The van der Waals surface area contributed by atoms with E-state index in [1.165, 1.54) is 0 Å². The number of H-pyrrole nitrogens is 1. The molecule has 0 atom stereocenters.